The second-order valence-electron chi connectivity index (χ2n) is 7.46. The Morgan fingerprint density at radius 1 is 1.06 bits per heavy atom. The maximum absolute atomic E-state index is 12.9. The standard InChI is InChI=1S/C24H17N3O4S/c1-12-6-5-8-15(10-12)25-22(29)19-13(2)18-21(28)26-20(27-23(18)32-19)16-11-14-7-3-4-9-17(14)31-24(16)30/h3-11H,1-2H3,(H,25,29)(H,26,27,28). The SMILES string of the molecule is Cc1cccc(NC(=O)c2sc3nc(-c4cc5ccccc5oc4=O)[nH]c(=O)c3c2C)c1. The van der Waals surface area contributed by atoms with Gasteiger partial charge in [-0.05, 0) is 49.2 Å². The molecule has 5 aromatic rings. The molecule has 0 spiro atoms. The van der Waals surface area contributed by atoms with Gasteiger partial charge in [0.25, 0.3) is 11.5 Å². The number of nitrogens with zero attached hydrogens (tertiary/aromatic N) is 1. The summed E-state index contributed by atoms with van der Waals surface area (Å²) >= 11 is 1.11. The lowest BCUT2D eigenvalue weighted by molar-refractivity contribution is 0.103. The van der Waals surface area contributed by atoms with E-state index in [-0.39, 0.29) is 17.3 Å². The van der Waals surface area contributed by atoms with Crippen LogP contribution in [0.25, 0.3) is 32.6 Å². The minimum absolute atomic E-state index is 0.105. The maximum Gasteiger partial charge on any atom is 0.347 e. The summed E-state index contributed by atoms with van der Waals surface area (Å²) in [5.41, 5.74) is 1.82. The van der Waals surface area contributed by atoms with Crippen LogP contribution in [0.1, 0.15) is 20.8 Å². The molecule has 2 aromatic carbocycles. The first-order valence-corrected chi connectivity index (χ1v) is 10.7. The molecular formula is C24H17N3O4S. The number of H-pyrrole nitrogens is 1. The van der Waals surface area contributed by atoms with Gasteiger partial charge >= 0.3 is 5.63 Å². The summed E-state index contributed by atoms with van der Waals surface area (Å²) < 4.78 is 5.36. The molecule has 7 nitrogen and oxygen atoms in total. The lowest BCUT2D eigenvalue weighted by Gasteiger charge is -2.05. The van der Waals surface area contributed by atoms with Gasteiger partial charge in [0.2, 0.25) is 0 Å². The first-order valence-electron chi connectivity index (χ1n) is 9.85. The summed E-state index contributed by atoms with van der Waals surface area (Å²) in [7, 11) is 0. The number of carbonyl (C=O) groups excluding carboxylic acids is 1. The molecule has 0 saturated heterocycles. The molecule has 0 atom stereocenters. The van der Waals surface area contributed by atoms with Crippen LogP contribution in [0.2, 0.25) is 0 Å². The minimum Gasteiger partial charge on any atom is -0.422 e. The molecule has 0 fully saturated rings. The zero-order chi connectivity index (χ0) is 22.4. The molecule has 2 N–H and O–H groups in total. The Labute approximate surface area is 185 Å². The number of hydrogen-bond acceptors (Lipinski definition) is 6. The Morgan fingerprint density at radius 2 is 1.88 bits per heavy atom. The predicted molar refractivity (Wildman–Crippen MR) is 126 cm³/mol. The molecule has 3 heterocycles. The van der Waals surface area contributed by atoms with E-state index < -0.39 is 11.2 Å². The zero-order valence-electron chi connectivity index (χ0n) is 17.2. The quantitative estimate of drug-likeness (QED) is 0.396. The van der Waals surface area contributed by atoms with Crippen molar-refractivity contribution in [2.45, 2.75) is 13.8 Å². The maximum atomic E-state index is 12.9. The number of benzene rings is 2. The smallest absolute Gasteiger partial charge is 0.347 e. The molecule has 0 saturated carbocycles. The van der Waals surface area contributed by atoms with Crippen LogP contribution >= 0.6 is 11.3 Å². The highest BCUT2D eigenvalue weighted by atomic mass is 32.1. The molecule has 0 aliphatic carbocycles. The fourth-order valence-corrected chi connectivity index (χ4v) is 4.70. The Kier molecular flexibility index (Phi) is 4.71. The van der Waals surface area contributed by atoms with E-state index in [0.717, 1.165) is 16.9 Å². The Bertz CT molecular complexity index is 1650. The average molecular weight is 443 g/mol. The van der Waals surface area contributed by atoms with Crippen LogP contribution < -0.4 is 16.5 Å². The van der Waals surface area contributed by atoms with Gasteiger partial charge < -0.3 is 14.7 Å². The second-order valence-corrected chi connectivity index (χ2v) is 8.46. The number of aryl methyl sites for hydroxylation is 2. The van der Waals surface area contributed by atoms with Gasteiger partial charge in [-0.25, -0.2) is 9.78 Å². The van der Waals surface area contributed by atoms with Crippen LogP contribution in [0, 0.1) is 13.8 Å². The second kappa shape index (κ2) is 7.58. The summed E-state index contributed by atoms with van der Waals surface area (Å²) in [6.45, 7) is 3.65. The molecule has 0 radical (unpaired) electrons. The lowest BCUT2D eigenvalue weighted by atomic mass is 10.1. The molecule has 158 valence electrons. The first-order chi connectivity index (χ1) is 15.4. The van der Waals surface area contributed by atoms with E-state index in [0.29, 0.717) is 37.3 Å². The summed E-state index contributed by atoms with van der Waals surface area (Å²) in [6, 6.07) is 16.2. The molecule has 3 aromatic heterocycles. The fraction of sp³-hybridized carbons (Fsp3) is 0.0833. The Balaban J connectivity index is 1.60. The van der Waals surface area contributed by atoms with Gasteiger partial charge in [-0.1, -0.05) is 30.3 Å². The van der Waals surface area contributed by atoms with Crippen molar-refractivity contribution in [3.05, 3.63) is 91.4 Å². The minimum atomic E-state index is -0.600. The molecule has 32 heavy (non-hydrogen) atoms. The van der Waals surface area contributed by atoms with Crippen LogP contribution in [-0.2, 0) is 0 Å². The molecule has 0 aliphatic rings. The van der Waals surface area contributed by atoms with Crippen LogP contribution in [0.4, 0.5) is 5.69 Å². The molecule has 0 bridgehead atoms. The molecule has 0 aliphatic heterocycles. The summed E-state index contributed by atoms with van der Waals surface area (Å²) in [5, 5.41) is 3.91. The number of amides is 1. The van der Waals surface area contributed by atoms with Gasteiger partial charge in [-0.3, -0.25) is 9.59 Å². The molecular weight excluding hydrogens is 426 g/mol. The van der Waals surface area contributed by atoms with Gasteiger partial charge in [-0.2, -0.15) is 0 Å². The average Bonchev–Trinajstić information content (AvgIpc) is 3.10. The van der Waals surface area contributed by atoms with Gasteiger partial charge in [-0.15, -0.1) is 11.3 Å². The van der Waals surface area contributed by atoms with E-state index in [1.165, 1.54) is 0 Å². The zero-order valence-corrected chi connectivity index (χ0v) is 18.0. The highest BCUT2D eigenvalue weighted by molar-refractivity contribution is 7.20. The number of anilines is 1. The van der Waals surface area contributed by atoms with E-state index >= 15 is 0 Å². The Morgan fingerprint density at radius 3 is 2.69 bits per heavy atom. The number of hydrogen-bond donors (Lipinski definition) is 2. The van der Waals surface area contributed by atoms with Gasteiger partial charge in [0.15, 0.2) is 0 Å². The number of nitrogens with one attached hydrogen (secondary N) is 2. The number of rotatable bonds is 3. The highest BCUT2D eigenvalue weighted by Gasteiger charge is 2.21. The number of aromatic amines is 1. The van der Waals surface area contributed by atoms with Crippen LogP contribution in [0.3, 0.4) is 0 Å². The monoisotopic (exact) mass is 443 g/mol. The van der Waals surface area contributed by atoms with E-state index in [4.69, 9.17) is 4.42 Å². The van der Waals surface area contributed by atoms with E-state index in [2.05, 4.69) is 15.3 Å². The number of aromatic nitrogens is 2. The van der Waals surface area contributed by atoms with Crippen molar-refractivity contribution in [3.63, 3.8) is 0 Å². The van der Waals surface area contributed by atoms with Crippen molar-refractivity contribution in [2.75, 3.05) is 5.32 Å². The van der Waals surface area contributed by atoms with E-state index in [9.17, 15) is 14.4 Å². The van der Waals surface area contributed by atoms with Gasteiger partial charge in [0.1, 0.15) is 21.8 Å². The summed E-state index contributed by atoms with van der Waals surface area (Å²) in [6.07, 6.45) is 0. The normalized spacial score (nSPS) is 11.2. The van der Waals surface area contributed by atoms with Gasteiger partial charge in [0, 0.05) is 11.1 Å². The first kappa shape index (κ1) is 19.9. The molecule has 0 unspecified atom stereocenters. The molecule has 1 amide bonds. The molecule has 8 heteroatoms. The van der Waals surface area contributed by atoms with E-state index in [1.54, 1.807) is 37.3 Å². The van der Waals surface area contributed by atoms with E-state index in [1.807, 2.05) is 31.2 Å². The van der Waals surface area contributed by atoms with Crippen LogP contribution in [0.15, 0.2) is 68.6 Å². The van der Waals surface area contributed by atoms with Crippen LogP contribution in [0.5, 0.6) is 0 Å². The molecule has 5 rings (SSSR count). The van der Waals surface area contributed by atoms with Gasteiger partial charge in [0.05, 0.1) is 10.3 Å². The summed E-state index contributed by atoms with van der Waals surface area (Å²) in [4.78, 5) is 46.2. The van der Waals surface area contributed by atoms with Crippen molar-refractivity contribution in [2.24, 2.45) is 0 Å². The fourth-order valence-electron chi connectivity index (χ4n) is 3.63. The van der Waals surface area contributed by atoms with Crippen molar-refractivity contribution >= 4 is 44.1 Å². The number of fused-ring (bicyclic) bond motifs is 2. The summed E-state index contributed by atoms with van der Waals surface area (Å²) in [5.74, 6) is -0.212. The predicted octanol–water partition coefficient (Wildman–Crippen LogP) is 4.63. The van der Waals surface area contributed by atoms with Crippen LogP contribution in [-0.4, -0.2) is 15.9 Å². The number of thiophene rings is 1. The van der Waals surface area contributed by atoms with Crippen molar-refractivity contribution < 1.29 is 9.21 Å². The number of carbonyl (C=O) groups is 1. The third-order valence-corrected chi connectivity index (χ3v) is 6.36. The number of para-hydroxylation sites is 1. The largest absolute Gasteiger partial charge is 0.422 e. The Hall–Kier alpha value is -4.04. The van der Waals surface area contributed by atoms with Crippen molar-refractivity contribution in [1.82, 2.24) is 9.97 Å². The highest BCUT2D eigenvalue weighted by Crippen LogP contribution is 2.29. The van der Waals surface area contributed by atoms with Crippen molar-refractivity contribution in [3.8, 4) is 11.4 Å². The topological polar surface area (TPSA) is 105 Å². The third-order valence-electron chi connectivity index (χ3n) is 5.18. The lowest BCUT2D eigenvalue weighted by Crippen LogP contribution is -2.14. The van der Waals surface area contributed by atoms with Crippen molar-refractivity contribution in [1.29, 1.82) is 0 Å². The third kappa shape index (κ3) is 3.40.